The predicted molar refractivity (Wildman–Crippen MR) is 67.6 cm³/mol. The Bertz CT molecular complexity index is 412. The molecule has 0 aromatic carbocycles. The van der Waals surface area contributed by atoms with Crippen LogP contribution in [0.1, 0.15) is 25.0 Å². The number of aryl methyl sites for hydroxylation is 1. The SMILES string of the molecule is CCN(CC(C)C#N)c1ncc(CO)cc1C. The van der Waals surface area contributed by atoms with E-state index in [0.29, 0.717) is 6.54 Å². The van der Waals surface area contributed by atoms with E-state index in [2.05, 4.69) is 16.0 Å². The maximum atomic E-state index is 9.04. The molecule has 0 amide bonds. The second-order valence-electron chi connectivity index (χ2n) is 4.21. The minimum absolute atomic E-state index is 0.00877. The molecule has 0 saturated heterocycles. The lowest BCUT2D eigenvalue weighted by molar-refractivity contribution is 0.281. The van der Waals surface area contributed by atoms with Gasteiger partial charge in [0.25, 0.3) is 0 Å². The summed E-state index contributed by atoms with van der Waals surface area (Å²) < 4.78 is 0. The zero-order valence-electron chi connectivity index (χ0n) is 10.6. The van der Waals surface area contributed by atoms with Crippen molar-refractivity contribution < 1.29 is 5.11 Å². The highest BCUT2D eigenvalue weighted by molar-refractivity contribution is 5.47. The summed E-state index contributed by atoms with van der Waals surface area (Å²) in [6, 6.07) is 4.16. The zero-order valence-corrected chi connectivity index (χ0v) is 10.6. The van der Waals surface area contributed by atoms with Gasteiger partial charge in [0, 0.05) is 19.3 Å². The normalized spacial score (nSPS) is 11.9. The summed E-state index contributed by atoms with van der Waals surface area (Å²) in [7, 11) is 0. The van der Waals surface area contributed by atoms with Crippen molar-refractivity contribution in [2.75, 3.05) is 18.0 Å². The minimum atomic E-state index is -0.0198. The highest BCUT2D eigenvalue weighted by atomic mass is 16.3. The van der Waals surface area contributed by atoms with E-state index in [1.165, 1.54) is 0 Å². The molecule has 1 heterocycles. The molecular formula is C13H19N3O. The van der Waals surface area contributed by atoms with Crippen LogP contribution in [0.4, 0.5) is 5.82 Å². The Morgan fingerprint density at radius 1 is 1.59 bits per heavy atom. The number of anilines is 1. The van der Waals surface area contributed by atoms with Gasteiger partial charge >= 0.3 is 0 Å². The third-order valence-corrected chi connectivity index (χ3v) is 2.69. The third kappa shape index (κ3) is 3.43. The maximum absolute atomic E-state index is 9.04. The Morgan fingerprint density at radius 3 is 2.76 bits per heavy atom. The first kappa shape index (κ1) is 13.5. The summed E-state index contributed by atoms with van der Waals surface area (Å²) in [6.45, 7) is 7.43. The van der Waals surface area contributed by atoms with Crippen LogP contribution in [-0.2, 0) is 6.61 Å². The van der Waals surface area contributed by atoms with Crippen LogP contribution in [0.15, 0.2) is 12.3 Å². The average molecular weight is 233 g/mol. The molecule has 1 N–H and O–H groups in total. The Kier molecular flexibility index (Phi) is 4.92. The van der Waals surface area contributed by atoms with Gasteiger partial charge in [-0.25, -0.2) is 4.98 Å². The number of nitriles is 1. The third-order valence-electron chi connectivity index (χ3n) is 2.69. The average Bonchev–Trinajstić information content (AvgIpc) is 2.35. The first-order chi connectivity index (χ1) is 8.12. The van der Waals surface area contributed by atoms with Crippen LogP contribution in [0.5, 0.6) is 0 Å². The summed E-state index contributed by atoms with van der Waals surface area (Å²) in [5, 5.41) is 17.9. The van der Waals surface area contributed by atoms with Gasteiger partial charge in [-0.05, 0) is 38.0 Å². The van der Waals surface area contributed by atoms with Crippen molar-refractivity contribution in [1.82, 2.24) is 4.98 Å². The standard InChI is InChI=1S/C13H19N3O/c1-4-16(8-10(2)6-14)13-11(3)5-12(9-17)7-15-13/h5,7,10,17H,4,8-9H2,1-3H3. The van der Waals surface area contributed by atoms with Crippen molar-refractivity contribution in [3.63, 3.8) is 0 Å². The van der Waals surface area contributed by atoms with Gasteiger partial charge in [0.05, 0.1) is 18.6 Å². The van der Waals surface area contributed by atoms with Gasteiger partial charge < -0.3 is 10.0 Å². The Labute approximate surface area is 103 Å². The zero-order chi connectivity index (χ0) is 12.8. The second kappa shape index (κ2) is 6.21. The van der Waals surface area contributed by atoms with Crippen molar-refractivity contribution in [2.45, 2.75) is 27.4 Å². The van der Waals surface area contributed by atoms with Gasteiger partial charge in [-0.1, -0.05) is 0 Å². The number of aromatic nitrogens is 1. The molecule has 4 heteroatoms. The molecule has 1 aromatic rings. The highest BCUT2D eigenvalue weighted by Gasteiger charge is 2.12. The van der Waals surface area contributed by atoms with E-state index in [1.807, 2.05) is 26.8 Å². The Balaban J connectivity index is 2.93. The lowest BCUT2D eigenvalue weighted by Gasteiger charge is -2.24. The smallest absolute Gasteiger partial charge is 0.131 e. The van der Waals surface area contributed by atoms with E-state index >= 15 is 0 Å². The van der Waals surface area contributed by atoms with Gasteiger partial charge in [0.1, 0.15) is 5.82 Å². The van der Waals surface area contributed by atoms with Gasteiger partial charge in [-0.2, -0.15) is 5.26 Å². The van der Waals surface area contributed by atoms with Crippen LogP contribution in [0.25, 0.3) is 0 Å². The minimum Gasteiger partial charge on any atom is -0.392 e. The van der Waals surface area contributed by atoms with E-state index < -0.39 is 0 Å². The van der Waals surface area contributed by atoms with E-state index in [9.17, 15) is 0 Å². The molecule has 1 aromatic heterocycles. The van der Waals surface area contributed by atoms with Crippen molar-refractivity contribution in [2.24, 2.45) is 5.92 Å². The molecule has 4 nitrogen and oxygen atoms in total. The summed E-state index contributed by atoms with van der Waals surface area (Å²) >= 11 is 0. The molecule has 1 atom stereocenters. The fourth-order valence-electron chi connectivity index (χ4n) is 1.78. The van der Waals surface area contributed by atoms with Crippen LogP contribution >= 0.6 is 0 Å². The maximum Gasteiger partial charge on any atom is 0.131 e. The van der Waals surface area contributed by atoms with E-state index in [4.69, 9.17) is 10.4 Å². The van der Waals surface area contributed by atoms with Gasteiger partial charge in [0.2, 0.25) is 0 Å². The van der Waals surface area contributed by atoms with Crippen molar-refractivity contribution in [1.29, 1.82) is 5.26 Å². The van der Waals surface area contributed by atoms with E-state index in [1.54, 1.807) is 6.20 Å². The fourth-order valence-corrected chi connectivity index (χ4v) is 1.78. The first-order valence-electron chi connectivity index (χ1n) is 5.83. The number of aliphatic hydroxyl groups excluding tert-OH is 1. The molecule has 1 rings (SSSR count). The molecule has 0 aliphatic heterocycles. The van der Waals surface area contributed by atoms with Gasteiger partial charge in [-0.15, -0.1) is 0 Å². The molecule has 1 unspecified atom stereocenters. The summed E-state index contributed by atoms with van der Waals surface area (Å²) in [4.78, 5) is 6.45. The van der Waals surface area contributed by atoms with Crippen LogP contribution in [0, 0.1) is 24.2 Å². The number of hydrogen-bond donors (Lipinski definition) is 1. The summed E-state index contributed by atoms with van der Waals surface area (Å²) in [5.74, 6) is 0.875. The molecule has 0 aliphatic rings. The molecule has 0 aliphatic carbocycles. The van der Waals surface area contributed by atoms with Crippen LogP contribution < -0.4 is 4.90 Å². The number of hydrogen-bond acceptors (Lipinski definition) is 4. The molecule has 0 spiro atoms. The Hall–Kier alpha value is -1.60. The second-order valence-corrected chi connectivity index (χ2v) is 4.21. The topological polar surface area (TPSA) is 60.2 Å². The van der Waals surface area contributed by atoms with Crippen molar-refractivity contribution in [3.05, 3.63) is 23.4 Å². The summed E-state index contributed by atoms with van der Waals surface area (Å²) in [5.41, 5.74) is 1.85. The lowest BCUT2D eigenvalue weighted by atomic mass is 10.1. The number of rotatable bonds is 5. The lowest BCUT2D eigenvalue weighted by Crippen LogP contribution is -2.29. The molecule has 17 heavy (non-hydrogen) atoms. The number of nitrogens with zero attached hydrogens (tertiary/aromatic N) is 3. The summed E-state index contributed by atoms with van der Waals surface area (Å²) in [6.07, 6.45) is 1.68. The van der Waals surface area contributed by atoms with Crippen LogP contribution in [0.3, 0.4) is 0 Å². The molecule has 0 saturated carbocycles. The van der Waals surface area contributed by atoms with Crippen molar-refractivity contribution >= 4 is 5.82 Å². The molecular weight excluding hydrogens is 214 g/mol. The number of pyridine rings is 1. The molecule has 92 valence electrons. The molecule has 0 fully saturated rings. The van der Waals surface area contributed by atoms with Crippen LogP contribution in [0.2, 0.25) is 0 Å². The van der Waals surface area contributed by atoms with Crippen molar-refractivity contribution in [3.8, 4) is 6.07 Å². The highest BCUT2D eigenvalue weighted by Crippen LogP contribution is 2.18. The molecule has 0 bridgehead atoms. The molecule has 0 radical (unpaired) electrons. The predicted octanol–water partition coefficient (Wildman–Crippen LogP) is 1.87. The van der Waals surface area contributed by atoms with Gasteiger partial charge in [0.15, 0.2) is 0 Å². The van der Waals surface area contributed by atoms with E-state index in [-0.39, 0.29) is 12.5 Å². The van der Waals surface area contributed by atoms with E-state index in [0.717, 1.165) is 23.5 Å². The fraction of sp³-hybridized carbons (Fsp3) is 0.538. The first-order valence-corrected chi connectivity index (χ1v) is 5.83. The number of aliphatic hydroxyl groups is 1. The largest absolute Gasteiger partial charge is 0.392 e. The van der Waals surface area contributed by atoms with Crippen LogP contribution in [-0.4, -0.2) is 23.2 Å². The quantitative estimate of drug-likeness (QED) is 0.843. The Morgan fingerprint density at radius 2 is 2.29 bits per heavy atom. The van der Waals surface area contributed by atoms with Gasteiger partial charge in [-0.3, -0.25) is 0 Å². The monoisotopic (exact) mass is 233 g/mol.